The summed E-state index contributed by atoms with van der Waals surface area (Å²) in [6.07, 6.45) is 5.07. The Hall–Kier alpha value is -0.370. The van der Waals surface area contributed by atoms with Crippen molar-refractivity contribution >= 4 is 41.3 Å². The van der Waals surface area contributed by atoms with Crippen LogP contribution in [-0.4, -0.2) is 24.5 Å². The van der Waals surface area contributed by atoms with E-state index in [-0.39, 0.29) is 24.0 Å². The van der Waals surface area contributed by atoms with Gasteiger partial charge < -0.3 is 10.6 Å². The fraction of sp³-hybridized carbons (Fsp3) is 0.714. The van der Waals surface area contributed by atoms with Gasteiger partial charge in [-0.25, -0.2) is 4.98 Å². The summed E-state index contributed by atoms with van der Waals surface area (Å²) in [5.41, 5.74) is 1.13. The molecular formula is C14H27IN4S. The standard InChI is InChI=1S/C14H26N4S.HI/c1-5-6-7-8-9-16-14(15-4)17-10-13-18-11(2)12(3)19-13;/h5-10H2,1-4H3,(H2,15,16,17);1H. The van der Waals surface area contributed by atoms with Crippen LogP contribution in [0.2, 0.25) is 0 Å². The van der Waals surface area contributed by atoms with Crippen molar-refractivity contribution in [3.63, 3.8) is 0 Å². The fourth-order valence-electron chi connectivity index (χ4n) is 1.75. The molecule has 0 aromatic carbocycles. The molecule has 0 saturated heterocycles. The van der Waals surface area contributed by atoms with Crippen LogP contribution in [0.3, 0.4) is 0 Å². The summed E-state index contributed by atoms with van der Waals surface area (Å²) in [7, 11) is 1.81. The van der Waals surface area contributed by atoms with E-state index >= 15 is 0 Å². The van der Waals surface area contributed by atoms with E-state index in [1.165, 1.54) is 30.6 Å². The van der Waals surface area contributed by atoms with Crippen molar-refractivity contribution in [2.75, 3.05) is 13.6 Å². The monoisotopic (exact) mass is 410 g/mol. The molecule has 4 nitrogen and oxygen atoms in total. The third-order valence-corrected chi connectivity index (χ3v) is 4.10. The molecule has 1 aromatic heterocycles. The van der Waals surface area contributed by atoms with Crippen LogP contribution in [0.1, 0.15) is 48.2 Å². The summed E-state index contributed by atoms with van der Waals surface area (Å²) in [5, 5.41) is 7.75. The van der Waals surface area contributed by atoms with Crippen LogP contribution < -0.4 is 10.6 Å². The number of rotatable bonds is 7. The first-order chi connectivity index (χ1) is 9.17. The topological polar surface area (TPSA) is 49.3 Å². The van der Waals surface area contributed by atoms with Crippen LogP contribution in [-0.2, 0) is 6.54 Å². The Morgan fingerprint density at radius 1 is 1.20 bits per heavy atom. The first-order valence-corrected chi connectivity index (χ1v) is 7.86. The lowest BCUT2D eigenvalue weighted by Gasteiger charge is -2.10. The third kappa shape index (κ3) is 7.42. The second-order valence-corrected chi connectivity index (χ2v) is 5.95. The van der Waals surface area contributed by atoms with Crippen molar-refractivity contribution in [1.82, 2.24) is 15.6 Å². The predicted octanol–water partition coefficient (Wildman–Crippen LogP) is 3.62. The highest BCUT2D eigenvalue weighted by Crippen LogP contribution is 2.15. The molecule has 0 radical (unpaired) electrons. The second-order valence-electron chi connectivity index (χ2n) is 4.66. The van der Waals surface area contributed by atoms with E-state index in [1.807, 2.05) is 0 Å². The van der Waals surface area contributed by atoms with Crippen LogP contribution in [0.15, 0.2) is 4.99 Å². The molecule has 1 rings (SSSR count). The average molecular weight is 410 g/mol. The maximum Gasteiger partial charge on any atom is 0.191 e. The van der Waals surface area contributed by atoms with Gasteiger partial charge in [0.15, 0.2) is 5.96 Å². The molecule has 0 spiro atoms. The predicted molar refractivity (Wildman–Crippen MR) is 99.3 cm³/mol. The number of nitrogens with zero attached hydrogens (tertiary/aromatic N) is 2. The zero-order valence-corrected chi connectivity index (χ0v) is 16.1. The lowest BCUT2D eigenvalue weighted by atomic mass is 10.2. The normalized spacial score (nSPS) is 11.1. The maximum absolute atomic E-state index is 4.51. The Kier molecular flexibility index (Phi) is 11.1. The Balaban J connectivity index is 0.00000361. The highest BCUT2D eigenvalue weighted by molar-refractivity contribution is 14.0. The van der Waals surface area contributed by atoms with Gasteiger partial charge in [0, 0.05) is 18.5 Å². The number of aryl methyl sites for hydroxylation is 2. The quantitative estimate of drug-likeness (QED) is 0.313. The molecular weight excluding hydrogens is 383 g/mol. The van der Waals surface area contributed by atoms with Gasteiger partial charge in [0.05, 0.1) is 12.2 Å². The number of guanidine groups is 1. The van der Waals surface area contributed by atoms with E-state index in [0.717, 1.165) is 29.8 Å². The SMILES string of the molecule is CCCCCCNC(=NC)NCc1nc(C)c(C)s1.I. The van der Waals surface area contributed by atoms with Gasteiger partial charge in [0.1, 0.15) is 5.01 Å². The Morgan fingerprint density at radius 3 is 2.50 bits per heavy atom. The molecule has 0 saturated carbocycles. The molecule has 20 heavy (non-hydrogen) atoms. The zero-order chi connectivity index (χ0) is 14.1. The van der Waals surface area contributed by atoms with Gasteiger partial charge in [-0.2, -0.15) is 0 Å². The number of halogens is 1. The van der Waals surface area contributed by atoms with Crippen LogP contribution >= 0.6 is 35.3 Å². The Morgan fingerprint density at radius 2 is 1.95 bits per heavy atom. The molecule has 2 N–H and O–H groups in total. The lowest BCUT2D eigenvalue weighted by Crippen LogP contribution is -2.37. The van der Waals surface area contributed by atoms with Gasteiger partial charge in [0.2, 0.25) is 0 Å². The molecule has 0 aliphatic rings. The summed E-state index contributed by atoms with van der Waals surface area (Å²) in [5.74, 6) is 0.863. The summed E-state index contributed by atoms with van der Waals surface area (Å²) in [6.45, 7) is 8.11. The van der Waals surface area contributed by atoms with Crippen molar-refractivity contribution < 1.29 is 0 Å². The van der Waals surface area contributed by atoms with Crippen molar-refractivity contribution in [3.8, 4) is 0 Å². The number of nitrogens with one attached hydrogen (secondary N) is 2. The Bertz CT molecular complexity index is 384. The molecule has 1 aromatic rings. The average Bonchev–Trinajstić information content (AvgIpc) is 2.72. The number of unbranched alkanes of at least 4 members (excludes halogenated alkanes) is 3. The minimum absolute atomic E-state index is 0. The molecule has 6 heteroatoms. The van der Waals surface area contributed by atoms with Gasteiger partial charge in [-0.3, -0.25) is 4.99 Å². The Labute approximate surface area is 143 Å². The first kappa shape index (κ1) is 19.6. The van der Waals surface area contributed by atoms with Crippen molar-refractivity contribution in [2.45, 2.75) is 53.0 Å². The minimum Gasteiger partial charge on any atom is -0.356 e. The first-order valence-electron chi connectivity index (χ1n) is 7.04. The van der Waals surface area contributed by atoms with E-state index < -0.39 is 0 Å². The molecule has 0 bridgehead atoms. The van der Waals surface area contributed by atoms with Crippen LogP contribution in [0.25, 0.3) is 0 Å². The molecule has 0 amide bonds. The van der Waals surface area contributed by atoms with Gasteiger partial charge in [-0.05, 0) is 20.3 Å². The van der Waals surface area contributed by atoms with Crippen LogP contribution in [0.5, 0.6) is 0 Å². The van der Waals surface area contributed by atoms with E-state index in [0.29, 0.717) is 0 Å². The van der Waals surface area contributed by atoms with E-state index in [1.54, 1.807) is 18.4 Å². The van der Waals surface area contributed by atoms with Crippen molar-refractivity contribution in [1.29, 1.82) is 0 Å². The highest BCUT2D eigenvalue weighted by Gasteiger charge is 2.04. The number of hydrogen-bond donors (Lipinski definition) is 2. The van der Waals surface area contributed by atoms with E-state index in [9.17, 15) is 0 Å². The van der Waals surface area contributed by atoms with Crippen molar-refractivity contribution in [3.05, 3.63) is 15.6 Å². The molecule has 0 aliphatic heterocycles. The van der Waals surface area contributed by atoms with Gasteiger partial charge in [-0.1, -0.05) is 26.2 Å². The molecule has 116 valence electrons. The van der Waals surface area contributed by atoms with E-state index in [2.05, 4.69) is 41.4 Å². The summed E-state index contributed by atoms with van der Waals surface area (Å²) in [6, 6.07) is 0. The molecule has 0 aliphatic carbocycles. The van der Waals surface area contributed by atoms with E-state index in [4.69, 9.17) is 0 Å². The third-order valence-electron chi connectivity index (χ3n) is 3.03. The highest BCUT2D eigenvalue weighted by atomic mass is 127. The van der Waals surface area contributed by atoms with Crippen molar-refractivity contribution in [2.24, 2.45) is 4.99 Å². The maximum atomic E-state index is 4.51. The number of hydrogen-bond acceptors (Lipinski definition) is 3. The molecule has 0 atom stereocenters. The number of thiazole rings is 1. The zero-order valence-electron chi connectivity index (χ0n) is 13.0. The summed E-state index contributed by atoms with van der Waals surface area (Å²) < 4.78 is 0. The van der Waals surface area contributed by atoms with Gasteiger partial charge >= 0.3 is 0 Å². The molecule has 0 fully saturated rings. The smallest absolute Gasteiger partial charge is 0.191 e. The molecule has 1 heterocycles. The fourth-order valence-corrected chi connectivity index (χ4v) is 2.63. The lowest BCUT2D eigenvalue weighted by molar-refractivity contribution is 0.647. The van der Waals surface area contributed by atoms with Gasteiger partial charge in [-0.15, -0.1) is 35.3 Å². The molecule has 0 unspecified atom stereocenters. The largest absolute Gasteiger partial charge is 0.356 e. The minimum atomic E-state index is 0. The number of aliphatic imine (C=N–C) groups is 1. The van der Waals surface area contributed by atoms with Crippen LogP contribution in [0.4, 0.5) is 0 Å². The van der Waals surface area contributed by atoms with Crippen LogP contribution in [0, 0.1) is 13.8 Å². The number of aromatic nitrogens is 1. The second kappa shape index (κ2) is 11.3. The van der Waals surface area contributed by atoms with Gasteiger partial charge in [0.25, 0.3) is 0 Å². The summed E-state index contributed by atoms with van der Waals surface area (Å²) >= 11 is 1.75. The summed E-state index contributed by atoms with van der Waals surface area (Å²) in [4.78, 5) is 10.0.